The standard InChI is InChI=1S/C12H19BrClN3O2S/c1-16-12(11(14)9-15-16)20(18,19)17(8-7-13)10-5-3-2-4-6-10/h9-10H,2-8H2,1H3. The Balaban J connectivity index is 2.36. The Morgan fingerprint density at radius 3 is 2.60 bits per heavy atom. The average molecular weight is 385 g/mol. The van der Waals surface area contributed by atoms with Crippen LogP contribution >= 0.6 is 27.5 Å². The summed E-state index contributed by atoms with van der Waals surface area (Å²) in [4.78, 5) is 0. The molecule has 0 bridgehead atoms. The monoisotopic (exact) mass is 383 g/mol. The number of hydrogen-bond donors (Lipinski definition) is 0. The van der Waals surface area contributed by atoms with Crippen molar-refractivity contribution >= 4 is 37.6 Å². The van der Waals surface area contributed by atoms with Crippen LogP contribution in [0.25, 0.3) is 0 Å². The van der Waals surface area contributed by atoms with Gasteiger partial charge in [0.25, 0.3) is 10.0 Å². The molecule has 0 aliphatic heterocycles. The lowest BCUT2D eigenvalue weighted by Gasteiger charge is -2.33. The minimum Gasteiger partial charge on any atom is -0.255 e. The minimum atomic E-state index is -3.61. The predicted octanol–water partition coefficient (Wildman–Crippen LogP) is 2.79. The number of nitrogens with zero attached hydrogens (tertiary/aromatic N) is 3. The summed E-state index contributed by atoms with van der Waals surface area (Å²) >= 11 is 9.36. The highest BCUT2D eigenvalue weighted by Crippen LogP contribution is 2.30. The molecule has 114 valence electrons. The van der Waals surface area contributed by atoms with E-state index in [1.807, 2.05) is 0 Å². The highest BCUT2D eigenvalue weighted by Gasteiger charge is 2.35. The van der Waals surface area contributed by atoms with Crippen molar-refractivity contribution in [2.24, 2.45) is 7.05 Å². The second-order valence-electron chi connectivity index (χ2n) is 5.02. The van der Waals surface area contributed by atoms with Crippen molar-refractivity contribution < 1.29 is 8.42 Å². The molecule has 0 saturated heterocycles. The summed E-state index contributed by atoms with van der Waals surface area (Å²) in [6.45, 7) is 0.453. The van der Waals surface area contributed by atoms with E-state index in [0.717, 1.165) is 25.7 Å². The van der Waals surface area contributed by atoms with E-state index in [-0.39, 0.29) is 16.1 Å². The fourth-order valence-electron chi connectivity index (χ4n) is 2.75. The fraction of sp³-hybridized carbons (Fsp3) is 0.750. The Kier molecular flexibility index (Phi) is 5.50. The number of hydrogen-bond acceptors (Lipinski definition) is 3. The highest BCUT2D eigenvalue weighted by atomic mass is 79.9. The third kappa shape index (κ3) is 3.21. The van der Waals surface area contributed by atoms with Gasteiger partial charge in [0.05, 0.1) is 11.2 Å². The molecule has 1 saturated carbocycles. The molecule has 2 rings (SSSR count). The normalized spacial score (nSPS) is 17.8. The van der Waals surface area contributed by atoms with Gasteiger partial charge in [-0.3, -0.25) is 4.68 Å². The number of aromatic nitrogens is 2. The molecule has 0 N–H and O–H groups in total. The van der Waals surface area contributed by atoms with Crippen molar-refractivity contribution in [3.05, 3.63) is 11.2 Å². The maximum absolute atomic E-state index is 12.9. The van der Waals surface area contributed by atoms with Gasteiger partial charge in [-0.25, -0.2) is 8.42 Å². The van der Waals surface area contributed by atoms with Crippen LogP contribution in [-0.2, 0) is 17.1 Å². The summed E-state index contributed by atoms with van der Waals surface area (Å²) in [5.74, 6) is 0. The van der Waals surface area contributed by atoms with E-state index < -0.39 is 10.0 Å². The van der Waals surface area contributed by atoms with Gasteiger partial charge in [0, 0.05) is 25.0 Å². The van der Waals surface area contributed by atoms with E-state index >= 15 is 0 Å². The van der Waals surface area contributed by atoms with Gasteiger partial charge in [-0.1, -0.05) is 46.8 Å². The van der Waals surface area contributed by atoms with Crippen LogP contribution in [-0.4, -0.2) is 40.4 Å². The molecule has 8 heteroatoms. The van der Waals surface area contributed by atoms with Crippen molar-refractivity contribution in [1.82, 2.24) is 14.1 Å². The second kappa shape index (κ2) is 6.77. The zero-order chi connectivity index (χ0) is 14.8. The van der Waals surface area contributed by atoms with E-state index in [1.165, 1.54) is 17.3 Å². The summed E-state index contributed by atoms with van der Waals surface area (Å²) in [7, 11) is -2.01. The summed E-state index contributed by atoms with van der Waals surface area (Å²) in [6, 6.07) is 0.0669. The molecule has 0 atom stereocenters. The summed E-state index contributed by atoms with van der Waals surface area (Å²) in [6.07, 6.45) is 6.56. The molecule has 1 heterocycles. The lowest BCUT2D eigenvalue weighted by molar-refractivity contribution is 0.261. The van der Waals surface area contributed by atoms with Crippen LogP contribution in [0.3, 0.4) is 0 Å². The van der Waals surface area contributed by atoms with Gasteiger partial charge in [-0.15, -0.1) is 0 Å². The maximum atomic E-state index is 12.9. The van der Waals surface area contributed by atoms with E-state index in [4.69, 9.17) is 11.6 Å². The Morgan fingerprint density at radius 2 is 2.10 bits per heavy atom. The van der Waals surface area contributed by atoms with E-state index in [1.54, 1.807) is 11.4 Å². The number of rotatable bonds is 5. The Hall–Kier alpha value is -0.110. The Morgan fingerprint density at radius 1 is 1.45 bits per heavy atom. The van der Waals surface area contributed by atoms with Crippen LogP contribution in [0.2, 0.25) is 5.02 Å². The van der Waals surface area contributed by atoms with Gasteiger partial charge in [0.2, 0.25) is 0 Å². The SMILES string of the molecule is Cn1ncc(Cl)c1S(=O)(=O)N(CCBr)C1CCCCC1. The van der Waals surface area contributed by atoms with Gasteiger partial charge in [0.1, 0.15) is 0 Å². The van der Waals surface area contributed by atoms with Gasteiger partial charge in [-0.05, 0) is 12.8 Å². The topological polar surface area (TPSA) is 55.2 Å². The largest absolute Gasteiger partial charge is 0.262 e. The molecule has 1 aromatic heterocycles. The molecule has 1 fully saturated rings. The van der Waals surface area contributed by atoms with Crippen LogP contribution in [0.1, 0.15) is 32.1 Å². The van der Waals surface area contributed by atoms with E-state index in [0.29, 0.717) is 11.9 Å². The first-order valence-corrected chi connectivity index (χ1v) is 9.67. The van der Waals surface area contributed by atoms with Crippen molar-refractivity contribution in [2.75, 3.05) is 11.9 Å². The predicted molar refractivity (Wildman–Crippen MR) is 82.8 cm³/mol. The lowest BCUT2D eigenvalue weighted by Crippen LogP contribution is -2.43. The molecule has 0 aromatic carbocycles. The molecular formula is C12H19BrClN3O2S. The van der Waals surface area contributed by atoms with Crippen molar-refractivity contribution in [2.45, 2.75) is 43.2 Å². The number of alkyl halides is 1. The zero-order valence-electron chi connectivity index (χ0n) is 11.4. The summed E-state index contributed by atoms with van der Waals surface area (Å²) in [5, 5.41) is 4.82. The molecule has 0 amide bonds. The van der Waals surface area contributed by atoms with Crippen LogP contribution < -0.4 is 0 Å². The molecule has 1 aliphatic rings. The van der Waals surface area contributed by atoms with Crippen molar-refractivity contribution in [3.63, 3.8) is 0 Å². The lowest BCUT2D eigenvalue weighted by atomic mass is 9.95. The minimum absolute atomic E-state index is 0.0669. The molecule has 0 radical (unpaired) electrons. The van der Waals surface area contributed by atoms with Crippen LogP contribution in [0, 0.1) is 0 Å². The van der Waals surface area contributed by atoms with Gasteiger partial charge in [-0.2, -0.15) is 9.40 Å². The zero-order valence-corrected chi connectivity index (χ0v) is 14.6. The van der Waals surface area contributed by atoms with E-state index in [2.05, 4.69) is 21.0 Å². The molecule has 0 unspecified atom stereocenters. The average Bonchev–Trinajstić information content (AvgIpc) is 2.77. The van der Waals surface area contributed by atoms with Crippen molar-refractivity contribution in [1.29, 1.82) is 0 Å². The van der Waals surface area contributed by atoms with Crippen LogP contribution in [0.5, 0.6) is 0 Å². The van der Waals surface area contributed by atoms with Gasteiger partial charge < -0.3 is 0 Å². The second-order valence-corrected chi connectivity index (χ2v) is 8.02. The fourth-order valence-corrected chi connectivity index (χ4v) is 5.66. The maximum Gasteiger partial charge on any atom is 0.262 e. The number of halogens is 2. The van der Waals surface area contributed by atoms with E-state index in [9.17, 15) is 8.42 Å². The van der Waals surface area contributed by atoms with Crippen molar-refractivity contribution in [3.8, 4) is 0 Å². The van der Waals surface area contributed by atoms with Gasteiger partial charge >= 0.3 is 0 Å². The number of aryl methyl sites for hydroxylation is 1. The Labute approximate surface area is 133 Å². The molecule has 0 spiro atoms. The van der Waals surface area contributed by atoms with Crippen LogP contribution in [0.15, 0.2) is 11.2 Å². The third-order valence-electron chi connectivity index (χ3n) is 3.68. The first kappa shape index (κ1) is 16.3. The van der Waals surface area contributed by atoms with Gasteiger partial charge in [0.15, 0.2) is 5.03 Å². The summed E-state index contributed by atoms with van der Waals surface area (Å²) in [5.41, 5.74) is 0. The first-order valence-electron chi connectivity index (χ1n) is 6.73. The third-order valence-corrected chi connectivity index (χ3v) is 6.50. The highest BCUT2D eigenvalue weighted by molar-refractivity contribution is 9.09. The smallest absolute Gasteiger partial charge is 0.255 e. The molecular weight excluding hydrogens is 366 g/mol. The quantitative estimate of drug-likeness (QED) is 0.734. The molecule has 5 nitrogen and oxygen atoms in total. The summed E-state index contributed by atoms with van der Waals surface area (Å²) < 4.78 is 28.7. The molecule has 20 heavy (non-hydrogen) atoms. The molecule has 1 aromatic rings. The Bertz CT molecular complexity index is 536. The number of sulfonamides is 1. The first-order chi connectivity index (χ1) is 9.48. The van der Waals surface area contributed by atoms with Crippen LogP contribution in [0.4, 0.5) is 0 Å². The molecule has 1 aliphatic carbocycles.